The van der Waals surface area contributed by atoms with Crippen molar-refractivity contribution in [2.45, 2.75) is 6.61 Å². The Morgan fingerprint density at radius 1 is 1.33 bits per heavy atom. The predicted molar refractivity (Wildman–Crippen MR) is 70.0 cm³/mol. The van der Waals surface area contributed by atoms with E-state index in [2.05, 4.69) is 31.2 Å². The van der Waals surface area contributed by atoms with Crippen molar-refractivity contribution in [3.63, 3.8) is 0 Å². The lowest BCUT2D eigenvalue weighted by molar-refractivity contribution is 0.276. The normalized spacial score (nSPS) is 10.2. The molecule has 0 aliphatic rings. The second-order valence-electron chi connectivity index (χ2n) is 3.51. The minimum absolute atomic E-state index is 0.0581. The standard InChI is InChI=1S/C12H11BrFN3O/c1-15-12-16-6-10(14)11(17-12)18-7-8-2-4-9(13)5-3-8/h2-6H,7H2,1H3,(H,15,16,17). The lowest BCUT2D eigenvalue weighted by Gasteiger charge is -2.07. The number of halogens is 2. The maximum atomic E-state index is 13.4. The Kier molecular flexibility index (Phi) is 4.09. The van der Waals surface area contributed by atoms with Crippen LogP contribution in [0.2, 0.25) is 0 Å². The van der Waals surface area contributed by atoms with Crippen LogP contribution in [0.3, 0.4) is 0 Å². The minimum Gasteiger partial charge on any atom is -0.471 e. The van der Waals surface area contributed by atoms with Gasteiger partial charge in [0.2, 0.25) is 11.8 Å². The van der Waals surface area contributed by atoms with E-state index in [1.165, 1.54) is 0 Å². The van der Waals surface area contributed by atoms with Crippen LogP contribution in [0.25, 0.3) is 0 Å². The topological polar surface area (TPSA) is 47.0 Å². The maximum Gasteiger partial charge on any atom is 0.255 e. The molecule has 6 heteroatoms. The van der Waals surface area contributed by atoms with Gasteiger partial charge in [-0.25, -0.2) is 4.98 Å². The van der Waals surface area contributed by atoms with Crippen molar-refractivity contribution in [2.24, 2.45) is 0 Å². The Hall–Kier alpha value is -1.69. The van der Waals surface area contributed by atoms with Crippen LogP contribution in [0.4, 0.5) is 10.3 Å². The molecule has 18 heavy (non-hydrogen) atoms. The van der Waals surface area contributed by atoms with Gasteiger partial charge in [0.25, 0.3) is 5.88 Å². The Balaban J connectivity index is 2.07. The number of rotatable bonds is 4. The lowest BCUT2D eigenvalue weighted by atomic mass is 10.2. The summed E-state index contributed by atoms with van der Waals surface area (Å²) in [6, 6.07) is 7.58. The first-order chi connectivity index (χ1) is 8.69. The Morgan fingerprint density at radius 3 is 2.72 bits per heavy atom. The van der Waals surface area contributed by atoms with E-state index in [4.69, 9.17) is 4.74 Å². The molecular formula is C12H11BrFN3O. The fourth-order valence-corrected chi connectivity index (χ4v) is 1.57. The summed E-state index contributed by atoms with van der Waals surface area (Å²) in [6.07, 6.45) is 1.08. The molecule has 0 radical (unpaired) electrons. The molecule has 94 valence electrons. The zero-order valence-corrected chi connectivity index (χ0v) is 11.2. The summed E-state index contributed by atoms with van der Waals surface area (Å²) in [5.41, 5.74) is 0.933. The molecule has 0 saturated carbocycles. The highest BCUT2D eigenvalue weighted by atomic mass is 79.9. The third-order valence-electron chi connectivity index (χ3n) is 2.22. The van der Waals surface area contributed by atoms with Gasteiger partial charge in [0, 0.05) is 11.5 Å². The highest BCUT2D eigenvalue weighted by molar-refractivity contribution is 9.10. The van der Waals surface area contributed by atoms with Gasteiger partial charge >= 0.3 is 0 Å². The number of hydrogen-bond donors (Lipinski definition) is 1. The van der Waals surface area contributed by atoms with Gasteiger partial charge < -0.3 is 10.1 Å². The zero-order chi connectivity index (χ0) is 13.0. The Morgan fingerprint density at radius 2 is 2.06 bits per heavy atom. The van der Waals surface area contributed by atoms with Gasteiger partial charge in [0.1, 0.15) is 6.61 Å². The number of benzene rings is 1. The molecule has 0 unspecified atom stereocenters. The third kappa shape index (κ3) is 3.16. The first-order valence-electron chi connectivity index (χ1n) is 5.26. The molecule has 4 nitrogen and oxygen atoms in total. The van der Waals surface area contributed by atoms with Crippen LogP contribution in [0.15, 0.2) is 34.9 Å². The van der Waals surface area contributed by atoms with Gasteiger partial charge in [-0.2, -0.15) is 9.37 Å². The highest BCUT2D eigenvalue weighted by Crippen LogP contribution is 2.17. The average molecular weight is 312 g/mol. The molecule has 1 aromatic heterocycles. The van der Waals surface area contributed by atoms with E-state index < -0.39 is 5.82 Å². The van der Waals surface area contributed by atoms with Crippen LogP contribution < -0.4 is 10.1 Å². The summed E-state index contributed by atoms with van der Waals surface area (Å²) < 4.78 is 19.7. The molecule has 0 spiro atoms. The number of hydrogen-bond acceptors (Lipinski definition) is 4. The third-order valence-corrected chi connectivity index (χ3v) is 2.75. The van der Waals surface area contributed by atoms with E-state index in [1.807, 2.05) is 24.3 Å². The van der Waals surface area contributed by atoms with Crippen molar-refractivity contribution in [1.82, 2.24) is 9.97 Å². The first-order valence-corrected chi connectivity index (χ1v) is 6.06. The molecule has 2 rings (SSSR count). The monoisotopic (exact) mass is 311 g/mol. The molecule has 2 aromatic rings. The van der Waals surface area contributed by atoms with Crippen LogP contribution in [0.1, 0.15) is 5.56 Å². The quantitative estimate of drug-likeness (QED) is 0.943. The number of nitrogens with zero attached hydrogens (tertiary/aromatic N) is 2. The van der Waals surface area contributed by atoms with Crippen molar-refractivity contribution >= 4 is 21.9 Å². The van der Waals surface area contributed by atoms with E-state index in [1.54, 1.807) is 7.05 Å². The summed E-state index contributed by atoms with van der Waals surface area (Å²) >= 11 is 3.34. The van der Waals surface area contributed by atoms with Gasteiger partial charge in [-0.1, -0.05) is 28.1 Å². The molecule has 0 aliphatic heterocycles. The summed E-state index contributed by atoms with van der Waals surface area (Å²) in [7, 11) is 1.66. The van der Waals surface area contributed by atoms with E-state index >= 15 is 0 Å². The van der Waals surface area contributed by atoms with E-state index in [0.29, 0.717) is 5.95 Å². The molecule has 1 aromatic carbocycles. The van der Waals surface area contributed by atoms with Crippen molar-refractivity contribution in [2.75, 3.05) is 12.4 Å². The number of nitrogens with one attached hydrogen (secondary N) is 1. The van der Waals surface area contributed by atoms with Crippen LogP contribution in [0.5, 0.6) is 5.88 Å². The van der Waals surface area contributed by atoms with Gasteiger partial charge in [0.05, 0.1) is 6.20 Å². The molecule has 1 heterocycles. The summed E-state index contributed by atoms with van der Waals surface area (Å²) in [6.45, 7) is 0.254. The van der Waals surface area contributed by atoms with Crippen LogP contribution in [-0.4, -0.2) is 17.0 Å². The van der Waals surface area contributed by atoms with Crippen LogP contribution >= 0.6 is 15.9 Å². The predicted octanol–water partition coefficient (Wildman–Crippen LogP) is 3.00. The van der Waals surface area contributed by atoms with Crippen molar-refractivity contribution < 1.29 is 9.13 Å². The molecule has 0 fully saturated rings. The summed E-state index contributed by atoms with van der Waals surface area (Å²) in [5, 5.41) is 2.73. The number of anilines is 1. The summed E-state index contributed by atoms with van der Waals surface area (Å²) in [4.78, 5) is 7.64. The fraction of sp³-hybridized carbons (Fsp3) is 0.167. The molecule has 0 amide bonds. The zero-order valence-electron chi connectivity index (χ0n) is 9.65. The number of ether oxygens (including phenoxy) is 1. The van der Waals surface area contributed by atoms with Crippen molar-refractivity contribution in [1.29, 1.82) is 0 Å². The first kappa shape index (κ1) is 12.8. The van der Waals surface area contributed by atoms with Crippen molar-refractivity contribution in [3.8, 4) is 5.88 Å². The lowest BCUT2D eigenvalue weighted by Crippen LogP contribution is -2.03. The average Bonchev–Trinajstić information content (AvgIpc) is 2.40. The van der Waals surface area contributed by atoms with Crippen LogP contribution in [-0.2, 0) is 6.61 Å². The van der Waals surface area contributed by atoms with E-state index in [9.17, 15) is 4.39 Å². The van der Waals surface area contributed by atoms with Gasteiger partial charge in [0.15, 0.2) is 0 Å². The largest absolute Gasteiger partial charge is 0.471 e. The highest BCUT2D eigenvalue weighted by Gasteiger charge is 2.07. The number of aromatic nitrogens is 2. The minimum atomic E-state index is -0.578. The maximum absolute atomic E-state index is 13.4. The molecule has 0 bridgehead atoms. The van der Waals surface area contributed by atoms with E-state index in [-0.39, 0.29) is 12.5 Å². The molecule has 1 N–H and O–H groups in total. The molecule has 0 saturated heterocycles. The summed E-state index contributed by atoms with van der Waals surface area (Å²) in [5.74, 6) is -0.314. The molecular weight excluding hydrogens is 301 g/mol. The van der Waals surface area contributed by atoms with E-state index in [0.717, 1.165) is 16.2 Å². The van der Waals surface area contributed by atoms with Gasteiger partial charge in [-0.05, 0) is 17.7 Å². The second kappa shape index (κ2) is 5.77. The van der Waals surface area contributed by atoms with Crippen molar-refractivity contribution in [3.05, 3.63) is 46.3 Å². The second-order valence-corrected chi connectivity index (χ2v) is 4.43. The molecule has 0 atom stereocenters. The molecule has 0 aliphatic carbocycles. The van der Waals surface area contributed by atoms with Gasteiger partial charge in [-0.3, -0.25) is 0 Å². The SMILES string of the molecule is CNc1ncc(F)c(OCc2ccc(Br)cc2)n1. The Labute approximate surface area is 112 Å². The smallest absolute Gasteiger partial charge is 0.255 e. The van der Waals surface area contributed by atoms with Crippen LogP contribution in [0, 0.1) is 5.82 Å². The fourth-order valence-electron chi connectivity index (χ4n) is 1.31. The Bertz CT molecular complexity index is 533. The van der Waals surface area contributed by atoms with Gasteiger partial charge in [-0.15, -0.1) is 0 Å².